The molecule has 5 rings (SSSR count). The monoisotopic (exact) mass is 411 g/mol. The molecule has 3 aromatic heterocycles. The normalized spacial score (nSPS) is 11.3. The van der Waals surface area contributed by atoms with E-state index < -0.39 is 5.82 Å². The van der Waals surface area contributed by atoms with Gasteiger partial charge in [-0.3, -0.25) is 9.78 Å². The molecule has 0 atom stereocenters. The molecule has 0 spiro atoms. The SMILES string of the molecule is CCC(=O)c1ccc(-c2cnc3ncc(Cc4ccc5ccncc5c4)n3n2)cc1F. The number of Topliss-reactive ketones (excluding diaryl/α,β-unsaturated/α-hetero) is 1. The van der Waals surface area contributed by atoms with Gasteiger partial charge in [0.1, 0.15) is 11.5 Å². The van der Waals surface area contributed by atoms with E-state index in [1.54, 1.807) is 36.1 Å². The van der Waals surface area contributed by atoms with Crippen LogP contribution in [0.5, 0.6) is 0 Å². The van der Waals surface area contributed by atoms with Crippen LogP contribution in [0.2, 0.25) is 0 Å². The van der Waals surface area contributed by atoms with Gasteiger partial charge in [0.15, 0.2) is 5.78 Å². The summed E-state index contributed by atoms with van der Waals surface area (Å²) in [5, 5.41) is 6.83. The van der Waals surface area contributed by atoms with Crippen LogP contribution in [0, 0.1) is 5.82 Å². The first-order valence-electron chi connectivity index (χ1n) is 9.98. The number of carbonyl (C=O) groups is 1. The van der Waals surface area contributed by atoms with Crippen LogP contribution in [-0.2, 0) is 6.42 Å². The number of imidazole rings is 1. The predicted octanol–water partition coefficient (Wildman–Crippen LogP) is 4.66. The Bertz CT molecular complexity index is 1440. The second kappa shape index (κ2) is 7.68. The van der Waals surface area contributed by atoms with Gasteiger partial charge in [-0.2, -0.15) is 5.10 Å². The molecule has 0 aliphatic heterocycles. The number of nitrogens with zero attached hydrogens (tertiary/aromatic N) is 5. The highest BCUT2D eigenvalue weighted by Gasteiger charge is 2.14. The number of halogens is 1. The first kappa shape index (κ1) is 19.0. The Hall–Kier alpha value is -4.00. The van der Waals surface area contributed by atoms with Crippen molar-refractivity contribution in [2.75, 3.05) is 0 Å². The number of benzene rings is 2. The van der Waals surface area contributed by atoms with Gasteiger partial charge in [0, 0.05) is 36.2 Å². The molecule has 0 bridgehead atoms. The number of fused-ring (bicyclic) bond motifs is 2. The second-order valence-electron chi connectivity index (χ2n) is 7.31. The molecule has 0 aliphatic rings. The van der Waals surface area contributed by atoms with Crippen molar-refractivity contribution in [2.45, 2.75) is 19.8 Å². The van der Waals surface area contributed by atoms with Gasteiger partial charge < -0.3 is 0 Å². The Morgan fingerprint density at radius 3 is 2.71 bits per heavy atom. The minimum Gasteiger partial charge on any atom is -0.294 e. The summed E-state index contributed by atoms with van der Waals surface area (Å²) in [6, 6.07) is 12.7. The van der Waals surface area contributed by atoms with E-state index in [-0.39, 0.29) is 17.8 Å². The van der Waals surface area contributed by atoms with Gasteiger partial charge >= 0.3 is 0 Å². The number of hydrogen-bond donors (Lipinski definition) is 0. The Morgan fingerprint density at radius 1 is 1.00 bits per heavy atom. The fourth-order valence-electron chi connectivity index (χ4n) is 3.62. The van der Waals surface area contributed by atoms with Crippen LogP contribution in [-0.4, -0.2) is 30.3 Å². The third-order valence-electron chi connectivity index (χ3n) is 5.28. The maximum absolute atomic E-state index is 14.4. The molecular weight excluding hydrogens is 393 g/mol. The molecular formula is C24H18FN5O. The third-order valence-corrected chi connectivity index (χ3v) is 5.28. The van der Waals surface area contributed by atoms with E-state index in [2.05, 4.69) is 38.2 Å². The predicted molar refractivity (Wildman–Crippen MR) is 115 cm³/mol. The van der Waals surface area contributed by atoms with Gasteiger partial charge in [0.05, 0.1) is 23.7 Å². The summed E-state index contributed by atoms with van der Waals surface area (Å²) in [4.78, 5) is 24.7. The molecule has 7 heteroatoms. The summed E-state index contributed by atoms with van der Waals surface area (Å²) in [6.07, 6.45) is 7.79. The quantitative estimate of drug-likeness (QED) is 0.393. The lowest BCUT2D eigenvalue weighted by molar-refractivity contribution is 0.0984. The van der Waals surface area contributed by atoms with Crippen molar-refractivity contribution in [3.63, 3.8) is 0 Å². The highest BCUT2D eigenvalue weighted by molar-refractivity contribution is 5.96. The number of carbonyl (C=O) groups excluding carboxylic acids is 1. The first-order valence-corrected chi connectivity index (χ1v) is 9.98. The van der Waals surface area contributed by atoms with Crippen molar-refractivity contribution in [2.24, 2.45) is 0 Å². The van der Waals surface area contributed by atoms with Crippen molar-refractivity contribution < 1.29 is 9.18 Å². The average Bonchev–Trinajstić information content (AvgIpc) is 3.20. The Morgan fingerprint density at radius 2 is 1.87 bits per heavy atom. The van der Waals surface area contributed by atoms with E-state index in [0.29, 0.717) is 23.5 Å². The number of rotatable bonds is 5. The number of ketones is 1. The lowest BCUT2D eigenvalue weighted by Gasteiger charge is -2.07. The molecule has 0 fully saturated rings. The molecule has 6 nitrogen and oxygen atoms in total. The molecule has 0 amide bonds. The van der Waals surface area contributed by atoms with Crippen LogP contribution in [0.15, 0.2) is 67.3 Å². The zero-order chi connectivity index (χ0) is 21.4. The third kappa shape index (κ3) is 3.54. The van der Waals surface area contributed by atoms with E-state index in [1.165, 1.54) is 12.1 Å². The second-order valence-corrected chi connectivity index (χ2v) is 7.31. The standard InChI is InChI=1S/C24H18FN5O/c1-2-23(31)20-6-5-17(11-21(20)25)22-14-28-24-27-13-19(30(24)29-22)10-15-3-4-16-7-8-26-12-18(16)9-15/h3-9,11-14H,2,10H2,1H3. The molecule has 2 aromatic carbocycles. The van der Waals surface area contributed by atoms with Crippen LogP contribution in [0.25, 0.3) is 27.8 Å². The largest absolute Gasteiger partial charge is 0.294 e. The zero-order valence-corrected chi connectivity index (χ0v) is 16.8. The topological polar surface area (TPSA) is 73.0 Å². The Labute approximate surface area is 177 Å². The summed E-state index contributed by atoms with van der Waals surface area (Å²) >= 11 is 0. The highest BCUT2D eigenvalue weighted by Crippen LogP contribution is 2.22. The fraction of sp³-hybridized carbons (Fsp3) is 0.125. The number of aromatic nitrogens is 5. The molecule has 31 heavy (non-hydrogen) atoms. The summed E-state index contributed by atoms with van der Waals surface area (Å²) < 4.78 is 16.1. The lowest BCUT2D eigenvalue weighted by Crippen LogP contribution is -2.04. The smallest absolute Gasteiger partial charge is 0.250 e. The van der Waals surface area contributed by atoms with Gasteiger partial charge in [-0.05, 0) is 35.2 Å². The average molecular weight is 411 g/mol. The minimum absolute atomic E-state index is 0.0920. The number of hydrogen-bond acceptors (Lipinski definition) is 5. The lowest BCUT2D eigenvalue weighted by atomic mass is 10.0. The molecule has 3 heterocycles. The van der Waals surface area contributed by atoms with Crippen LogP contribution in [0.4, 0.5) is 4.39 Å². The van der Waals surface area contributed by atoms with Gasteiger partial charge in [-0.25, -0.2) is 18.9 Å². The van der Waals surface area contributed by atoms with Gasteiger partial charge in [-0.1, -0.05) is 25.1 Å². The summed E-state index contributed by atoms with van der Waals surface area (Å²) in [7, 11) is 0. The first-order chi connectivity index (χ1) is 15.1. The van der Waals surface area contributed by atoms with Crippen molar-refractivity contribution in [1.29, 1.82) is 0 Å². The summed E-state index contributed by atoms with van der Waals surface area (Å²) in [5.41, 5.74) is 3.11. The Balaban J connectivity index is 1.51. The number of pyridine rings is 1. The fourth-order valence-corrected chi connectivity index (χ4v) is 3.62. The Kier molecular flexibility index (Phi) is 4.71. The maximum Gasteiger partial charge on any atom is 0.250 e. The molecule has 0 aliphatic carbocycles. The molecule has 0 saturated heterocycles. The van der Waals surface area contributed by atoms with Crippen LogP contribution in [0.3, 0.4) is 0 Å². The molecule has 0 unspecified atom stereocenters. The van der Waals surface area contributed by atoms with Crippen molar-refractivity contribution in [1.82, 2.24) is 24.6 Å². The maximum atomic E-state index is 14.4. The van der Waals surface area contributed by atoms with E-state index in [4.69, 9.17) is 0 Å². The summed E-state index contributed by atoms with van der Waals surface area (Å²) in [5.74, 6) is -0.311. The van der Waals surface area contributed by atoms with Gasteiger partial charge in [0.25, 0.3) is 5.78 Å². The van der Waals surface area contributed by atoms with Crippen LogP contribution in [0.1, 0.15) is 35.0 Å². The van der Waals surface area contributed by atoms with E-state index in [9.17, 15) is 9.18 Å². The molecule has 5 aromatic rings. The molecule has 0 radical (unpaired) electrons. The van der Waals surface area contributed by atoms with Crippen molar-refractivity contribution >= 4 is 22.3 Å². The van der Waals surface area contributed by atoms with Crippen LogP contribution >= 0.6 is 0 Å². The van der Waals surface area contributed by atoms with Gasteiger partial charge in [-0.15, -0.1) is 0 Å². The molecule has 152 valence electrons. The molecule has 0 saturated carbocycles. The van der Waals surface area contributed by atoms with Crippen molar-refractivity contribution in [3.8, 4) is 11.3 Å². The summed E-state index contributed by atoms with van der Waals surface area (Å²) in [6.45, 7) is 1.71. The van der Waals surface area contributed by atoms with E-state index in [0.717, 1.165) is 22.0 Å². The van der Waals surface area contributed by atoms with E-state index >= 15 is 0 Å². The zero-order valence-electron chi connectivity index (χ0n) is 16.8. The van der Waals surface area contributed by atoms with Crippen molar-refractivity contribution in [3.05, 3.63) is 89.9 Å². The van der Waals surface area contributed by atoms with Crippen LogP contribution < -0.4 is 0 Å². The highest BCUT2D eigenvalue weighted by atomic mass is 19.1. The van der Waals surface area contributed by atoms with E-state index in [1.807, 2.05) is 12.3 Å². The van der Waals surface area contributed by atoms with Gasteiger partial charge in [0.2, 0.25) is 0 Å². The molecule has 0 N–H and O–H groups in total. The minimum atomic E-state index is -0.554.